The van der Waals surface area contributed by atoms with Gasteiger partial charge in [0.25, 0.3) is 5.91 Å². The van der Waals surface area contributed by atoms with Gasteiger partial charge in [-0.2, -0.15) is 0 Å². The highest BCUT2D eigenvalue weighted by Gasteiger charge is 2.28. The smallest absolute Gasteiger partial charge is 0.270 e. The lowest BCUT2D eigenvalue weighted by Crippen LogP contribution is -2.46. The van der Waals surface area contributed by atoms with Gasteiger partial charge < -0.3 is 0 Å². The molecular weight excluding hydrogens is 391 g/mol. The van der Waals surface area contributed by atoms with Gasteiger partial charge in [0.15, 0.2) is 0 Å². The largest absolute Gasteiger partial charge is 0.274 e. The molecule has 0 saturated heterocycles. The number of nitrogens with one attached hydrogen (secondary N) is 2. The monoisotopic (exact) mass is 410 g/mol. The van der Waals surface area contributed by atoms with Crippen LogP contribution in [-0.4, -0.2) is 19.6 Å². The molecule has 0 spiro atoms. The summed E-state index contributed by atoms with van der Waals surface area (Å²) in [6, 6.07) is 11.6. The number of carbonyl (C=O) groups excluding carboxylic acids is 1. The van der Waals surface area contributed by atoms with E-state index < -0.39 is 32.6 Å². The van der Waals surface area contributed by atoms with Crippen molar-refractivity contribution in [2.24, 2.45) is 0 Å². The minimum atomic E-state index is -3.72. The maximum atomic E-state index is 14.2. The van der Waals surface area contributed by atoms with E-state index in [1.807, 2.05) is 6.07 Å². The Kier molecular flexibility index (Phi) is 6.14. The molecule has 2 N–H and O–H groups in total. The molecule has 1 aliphatic carbocycles. The topological polar surface area (TPSA) is 75.3 Å². The first-order chi connectivity index (χ1) is 12.9. The van der Waals surface area contributed by atoms with E-state index in [-0.39, 0.29) is 5.02 Å². The number of benzene rings is 2. The average molecular weight is 411 g/mol. The van der Waals surface area contributed by atoms with Crippen molar-refractivity contribution in [3.05, 3.63) is 58.9 Å². The predicted octanol–water partition coefficient (Wildman–Crippen LogP) is 4.04. The Hall–Kier alpha value is -1.96. The van der Waals surface area contributed by atoms with Crippen molar-refractivity contribution in [1.82, 2.24) is 10.3 Å². The van der Waals surface area contributed by atoms with Crippen molar-refractivity contribution in [1.29, 1.82) is 0 Å². The molecule has 0 atom stereocenters. The summed E-state index contributed by atoms with van der Waals surface area (Å²) in [6.07, 6.45) is 3.76. The van der Waals surface area contributed by atoms with Crippen LogP contribution in [0.5, 0.6) is 0 Å². The van der Waals surface area contributed by atoms with E-state index in [4.69, 9.17) is 11.6 Å². The maximum Gasteiger partial charge on any atom is 0.270 e. The third kappa shape index (κ3) is 4.48. The second-order valence-electron chi connectivity index (χ2n) is 6.51. The molecule has 1 fully saturated rings. The second kappa shape index (κ2) is 8.37. The zero-order valence-electron chi connectivity index (χ0n) is 14.5. The molecule has 2 aromatic carbocycles. The quantitative estimate of drug-likeness (QED) is 0.730. The Labute approximate surface area is 162 Å². The molecule has 27 heavy (non-hydrogen) atoms. The highest BCUT2D eigenvalue weighted by atomic mass is 35.5. The first-order valence-electron chi connectivity index (χ1n) is 8.74. The predicted molar refractivity (Wildman–Crippen MR) is 103 cm³/mol. The van der Waals surface area contributed by atoms with Crippen LogP contribution in [0.3, 0.4) is 0 Å². The molecule has 5 nitrogen and oxygen atoms in total. The highest BCUT2D eigenvalue weighted by molar-refractivity contribution is 7.90. The summed E-state index contributed by atoms with van der Waals surface area (Å²) in [4.78, 5) is 14.5. The summed E-state index contributed by atoms with van der Waals surface area (Å²) >= 11 is 6.26. The van der Waals surface area contributed by atoms with E-state index in [2.05, 4.69) is 10.3 Å². The van der Waals surface area contributed by atoms with E-state index in [1.165, 1.54) is 6.07 Å². The SMILES string of the molecule is O=C(NNS(=O)(=O)C1CCCCC1)c1c(F)ccc(-c2ccccc2)c1Cl. The molecule has 2 aromatic rings. The molecule has 1 amide bonds. The normalized spacial score (nSPS) is 15.5. The van der Waals surface area contributed by atoms with Crippen LogP contribution in [0.2, 0.25) is 5.02 Å². The molecule has 3 rings (SSSR count). The summed E-state index contributed by atoms with van der Waals surface area (Å²) in [7, 11) is -3.72. The lowest BCUT2D eigenvalue weighted by Gasteiger charge is -2.22. The summed E-state index contributed by atoms with van der Waals surface area (Å²) in [5, 5.41) is -0.627. The summed E-state index contributed by atoms with van der Waals surface area (Å²) in [6.45, 7) is 0. The van der Waals surface area contributed by atoms with Crippen LogP contribution in [0.15, 0.2) is 42.5 Å². The third-order valence-corrected chi connectivity index (χ3v) is 6.83. The van der Waals surface area contributed by atoms with Crippen LogP contribution < -0.4 is 10.3 Å². The van der Waals surface area contributed by atoms with Crippen molar-refractivity contribution < 1.29 is 17.6 Å². The van der Waals surface area contributed by atoms with Crippen molar-refractivity contribution in [3.63, 3.8) is 0 Å². The number of hydrazine groups is 1. The number of rotatable bonds is 5. The lowest BCUT2D eigenvalue weighted by molar-refractivity contribution is 0.0941. The number of amides is 1. The van der Waals surface area contributed by atoms with Gasteiger partial charge in [-0.1, -0.05) is 61.2 Å². The fourth-order valence-electron chi connectivity index (χ4n) is 3.24. The van der Waals surface area contributed by atoms with Crippen LogP contribution in [-0.2, 0) is 10.0 Å². The number of sulfonamides is 1. The Balaban J connectivity index is 1.80. The molecule has 8 heteroatoms. The Morgan fingerprint density at radius 2 is 1.70 bits per heavy atom. The van der Waals surface area contributed by atoms with Crippen molar-refractivity contribution in [2.45, 2.75) is 37.4 Å². The molecule has 144 valence electrons. The van der Waals surface area contributed by atoms with Gasteiger partial charge in [0.05, 0.1) is 15.8 Å². The number of hydrogen-bond donors (Lipinski definition) is 2. The number of halogens is 2. The van der Waals surface area contributed by atoms with Crippen molar-refractivity contribution in [2.75, 3.05) is 0 Å². The number of hydrogen-bond acceptors (Lipinski definition) is 3. The fraction of sp³-hybridized carbons (Fsp3) is 0.316. The van der Waals surface area contributed by atoms with Crippen molar-refractivity contribution >= 4 is 27.5 Å². The van der Waals surface area contributed by atoms with Gasteiger partial charge in [-0.05, 0) is 30.5 Å². The van der Waals surface area contributed by atoms with Crippen LogP contribution in [0.1, 0.15) is 42.5 Å². The Morgan fingerprint density at radius 1 is 1.04 bits per heavy atom. The van der Waals surface area contributed by atoms with Crippen LogP contribution in [0.25, 0.3) is 11.1 Å². The van der Waals surface area contributed by atoms with Gasteiger partial charge in [0.1, 0.15) is 5.82 Å². The average Bonchev–Trinajstić information content (AvgIpc) is 2.68. The van der Waals surface area contributed by atoms with E-state index in [0.29, 0.717) is 18.4 Å². The van der Waals surface area contributed by atoms with Crippen LogP contribution in [0.4, 0.5) is 4.39 Å². The van der Waals surface area contributed by atoms with E-state index in [0.717, 1.165) is 30.9 Å². The van der Waals surface area contributed by atoms with E-state index in [9.17, 15) is 17.6 Å². The molecule has 0 radical (unpaired) electrons. The minimum absolute atomic E-state index is 0.0736. The van der Waals surface area contributed by atoms with Gasteiger partial charge in [0, 0.05) is 5.56 Å². The summed E-state index contributed by atoms with van der Waals surface area (Å²) in [5.41, 5.74) is 2.90. The maximum absolute atomic E-state index is 14.2. The zero-order valence-corrected chi connectivity index (χ0v) is 16.1. The summed E-state index contributed by atoms with van der Waals surface area (Å²) < 4.78 is 38.9. The minimum Gasteiger partial charge on any atom is -0.274 e. The molecule has 1 aliphatic rings. The van der Waals surface area contributed by atoms with Gasteiger partial charge >= 0.3 is 0 Å². The first kappa shape index (κ1) is 19.8. The Bertz CT molecular complexity index is 929. The molecule has 0 unspecified atom stereocenters. The molecule has 0 heterocycles. The first-order valence-corrected chi connectivity index (χ1v) is 10.7. The molecule has 0 aromatic heterocycles. The van der Waals surface area contributed by atoms with E-state index in [1.54, 1.807) is 24.3 Å². The zero-order chi connectivity index (χ0) is 19.4. The Morgan fingerprint density at radius 3 is 2.37 bits per heavy atom. The molecule has 1 saturated carbocycles. The molecular formula is C19H20ClFN2O3S. The van der Waals surface area contributed by atoms with Crippen LogP contribution >= 0.6 is 11.6 Å². The van der Waals surface area contributed by atoms with E-state index >= 15 is 0 Å². The highest BCUT2D eigenvalue weighted by Crippen LogP contribution is 2.32. The molecule has 0 bridgehead atoms. The standard InChI is InChI=1S/C19H20ClFN2O3S/c20-18-15(13-7-3-1-4-8-13)11-12-16(21)17(18)19(24)22-23-27(25,26)14-9-5-2-6-10-14/h1,3-4,7-8,11-12,14,23H,2,5-6,9-10H2,(H,22,24). The second-order valence-corrected chi connectivity index (χ2v) is 8.85. The van der Waals surface area contributed by atoms with Crippen LogP contribution in [0, 0.1) is 5.82 Å². The summed E-state index contributed by atoms with van der Waals surface area (Å²) in [5.74, 6) is -1.76. The fourth-order valence-corrected chi connectivity index (χ4v) is 4.94. The van der Waals surface area contributed by atoms with Gasteiger partial charge in [-0.15, -0.1) is 4.83 Å². The van der Waals surface area contributed by atoms with Gasteiger partial charge in [0.2, 0.25) is 10.0 Å². The lowest BCUT2D eigenvalue weighted by atomic mass is 10.0. The molecule has 0 aliphatic heterocycles. The van der Waals surface area contributed by atoms with Gasteiger partial charge in [-0.3, -0.25) is 10.2 Å². The van der Waals surface area contributed by atoms with Gasteiger partial charge in [-0.25, -0.2) is 12.8 Å². The third-order valence-electron chi connectivity index (χ3n) is 4.70. The van der Waals surface area contributed by atoms with Crippen molar-refractivity contribution in [3.8, 4) is 11.1 Å². The number of carbonyl (C=O) groups is 1.